The van der Waals surface area contributed by atoms with Gasteiger partial charge in [0.25, 0.3) is 5.91 Å². The van der Waals surface area contributed by atoms with Crippen molar-refractivity contribution in [3.63, 3.8) is 0 Å². The minimum atomic E-state index is -0.296. The van der Waals surface area contributed by atoms with Crippen LogP contribution < -0.4 is 5.32 Å². The Morgan fingerprint density at radius 3 is 2.67 bits per heavy atom. The Labute approximate surface area is 192 Å². The lowest BCUT2D eigenvalue weighted by atomic mass is 9.92. The maximum Gasteiger partial charge on any atom is 0.270 e. The second-order valence-corrected chi connectivity index (χ2v) is 8.62. The molecule has 1 aromatic carbocycles. The standard InChI is InChI=1S/C26H26FN5O/c1-17-13-21(30-25-5-3-4-10-28-25)16-22(29-17)18-8-11-32(12-9-18)26(33)24-15-19-14-20(27)6-7-23(19)31(24)2/h3-7,10,13-16,18H,8-9,11-12H2,1-2H3,(H,28,29,30). The molecule has 0 saturated carbocycles. The van der Waals surface area contributed by atoms with Crippen LogP contribution in [0.3, 0.4) is 0 Å². The van der Waals surface area contributed by atoms with Gasteiger partial charge in [0.1, 0.15) is 17.3 Å². The Morgan fingerprint density at radius 1 is 1.09 bits per heavy atom. The van der Waals surface area contributed by atoms with E-state index in [0.29, 0.717) is 24.7 Å². The molecule has 7 heteroatoms. The third kappa shape index (κ3) is 4.31. The Bertz CT molecular complexity index is 1310. The van der Waals surface area contributed by atoms with E-state index >= 15 is 0 Å². The smallest absolute Gasteiger partial charge is 0.270 e. The van der Waals surface area contributed by atoms with Crippen molar-refractivity contribution in [1.82, 2.24) is 19.4 Å². The molecule has 0 unspecified atom stereocenters. The van der Waals surface area contributed by atoms with Crippen molar-refractivity contribution in [2.24, 2.45) is 7.05 Å². The van der Waals surface area contributed by atoms with Gasteiger partial charge in [-0.2, -0.15) is 0 Å². The van der Waals surface area contributed by atoms with Gasteiger partial charge < -0.3 is 14.8 Å². The fourth-order valence-electron chi connectivity index (χ4n) is 4.63. The van der Waals surface area contributed by atoms with E-state index in [4.69, 9.17) is 4.98 Å². The monoisotopic (exact) mass is 443 g/mol. The number of halogens is 1. The lowest BCUT2D eigenvalue weighted by Crippen LogP contribution is -2.38. The van der Waals surface area contributed by atoms with Gasteiger partial charge in [-0.3, -0.25) is 9.78 Å². The molecule has 0 atom stereocenters. The van der Waals surface area contributed by atoms with Crippen LogP contribution in [-0.4, -0.2) is 38.4 Å². The van der Waals surface area contributed by atoms with Gasteiger partial charge in [-0.25, -0.2) is 9.37 Å². The molecule has 0 radical (unpaired) electrons. The van der Waals surface area contributed by atoms with Crippen molar-refractivity contribution in [2.75, 3.05) is 18.4 Å². The van der Waals surface area contributed by atoms with Crippen LogP contribution in [0, 0.1) is 12.7 Å². The number of pyridine rings is 2. The molecule has 1 amide bonds. The Balaban J connectivity index is 1.29. The van der Waals surface area contributed by atoms with Crippen molar-refractivity contribution < 1.29 is 9.18 Å². The molecule has 0 bridgehead atoms. The SMILES string of the molecule is Cc1cc(Nc2ccccn2)cc(C2CCN(C(=O)c3cc4cc(F)ccc4n3C)CC2)n1. The number of aryl methyl sites for hydroxylation is 2. The number of carbonyl (C=O) groups is 1. The number of anilines is 2. The average Bonchev–Trinajstić information content (AvgIpc) is 3.14. The van der Waals surface area contributed by atoms with Crippen LogP contribution in [0.5, 0.6) is 0 Å². The minimum Gasteiger partial charge on any atom is -0.340 e. The summed E-state index contributed by atoms with van der Waals surface area (Å²) < 4.78 is 15.4. The number of hydrogen-bond donors (Lipinski definition) is 1. The highest BCUT2D eigenvalue weighted by Gasteiger charge is 2.27. The molecule has 6 nitrogen and oxygen atoms in total. The van der Waals surface area contributed by atoms with Crippen molar-refractivity contribution in [3.05, 3.63) is 83.7 Å². The summed E-state index contributed by atoms with van der Waals surface area (Å²) in [6, 6.07) is 16.3. The first-order valence-corrected chi connectivity index (χ1v) is 11.2. The third-order valence-corrected chi connectivity index (χ3v) is 6.33. The third-order valence-electron chi connectivity index (χ3n) is 6.33. The first-order chi connectivity index (χ1) is 16.0. The van der Waals surface area contributed by atoms with E-state index in [1.54, 1.807) is 18.3 Å². The van der Waals surface area contributed by atoms with Gasteiger partial charge in [-0.15, -0.1) is 0 Å². The maximum absolute atomic E-state index is 13.6. The fourth-order valence-corrected chi connectivity index (χ4v) is 4.63. The van der Waals surface area contributed by atoms with Crippen LogP contribution in [0.2, 0.25) is 0 Å². The molecule has 1 N–H and O–H groups in total. The van der Waals surface area contributed by atoms with Crippen LogP contribution in [-0.2, 0) is 7.05 Å². The van der Waals surface area contributed by atoms with Crippen LogP contribution in [0.25, 0.3) is 10.9 Å². The highest BCUT2D eigenvalue weighted by atomic mass is 19.1. The van der Waals surface area contributed by atoms with Gasteiger partial charge in [0.05, 0.1) is 0 Å². The van der Waals surface area contributed by atoms with E-state index in [9.17, 15) is 9.18 Å². The molecular formula is C26H26FN5O. The van der Waals surface area contributed by atoms with Gasteiger partial charge in [0.15, 0.2) is 0 Å². The molecule has 4 aromatic rings. The summed E-state index contributed by atoms with van der Waals surface area (Å²) in [7, 11) is 1.85. The predicted molar refractivity (Wildman–Crippen MR) is 127 cm³/mol. The molecule has 5 rings (SSSR count). The highest BCUT2D eigenvalue weighted by molar-refractivity contribution is 5.98. The summed E-state index contributed by atoms with van der Waals surface area (Å²) >= 11 is 0. The Kier molecular flexibility index (Phi) is 5.54. The molecule has 33 heavy (non-hydrogen) atoms. The Morgan fingerprint density at radius 2 is 1.91 bits per heavy atom. The van der Waals surface area contributed by atoms with Crippen molar-refractivity contribution in [3.8, 4) is 0 Å². The van der Waals surface area contributed by atoms with Crippen molar-refractivity contribution in [2.45, 2.75) is 25.7 Å². The molecule has 0 aliphatic carbocycles. The van der Waals surface area contributed by atoms with Gasteiger partial charge in [-0.05, 0) is 68.3 Å². The first kappa shape index (κ1) is 21.1. The highest BCUT2D eigenvalue weighted by Crippen LogP contribution is 2.30. The summed E-state index contributed by atoms with van der Waals surface area (Å²) in [5, 5.41) is 4.09. The summed E-state index contributed by atoms with van der Waals surface area (Å²) in [4.78, 5) is 24.2. The summed E-state index contributed by atoms with van der Waals surface area (Å²) in [5.74, 6) is 0.779. The molecule has 168 valence electrons. The number of nitrogens with zero attached hydrogens (tertiary/aromatic N) is 4. The average molecular weight is 444 g/mol. The molecule has 4 heterocycles. The molecule has 1 fully saturated rings. The summed E-state index contributed by atoms with van der Waals surface area (Å²) in [6.45, 7) is 3.32. The number of benzene rings is 1. The van der Waals surface area contributed by atoms with Crippen LogP contribution in [0.15, 0.2) is 60.8 Å². The van der Waals surface area contributed by atoms with E-state index in [1.807, 2.05) is 47.7 Å². The predicted octanol–water partition coefficient (Wildman–Crippen LogP) is 5.18. The number of aromatic nitrogens is 3. The lowest BCUT2D eigenvalue weighted by Gasteiger charge is -2.32. The van der Waals surface area contributed by atoms with Crippen molar-refractivity contribution in [1.29, 1.82) is 0 Å². The quantitative estimate of drug-likeness (QED) is 0.472. The normalized spacial score (nSPS) is 14.6. The summed E-state index contributed by atoms with van der Waals surface area (Å²) in [6.07, 6.45) is 3.46. The van der Waals surface area contributed by atoms with E-state index in [0.717, 1.165) is 46.6 Å². The number of likely N-dealkylation sites (tertiary alicyclic amines) is 1. The zero-order valence-electron chi connectivity index (χ0n) is 18.8. The molecular weight excluding hydrogens is 417 g/mol. The van der Waals surface area contributed by atoms with Crippen LogP contribution in [0.1, 0.15) is 40.6 Å². The van der Waals surface area contributed by atoms with Gasteiger partial charge >= 0.3 is 0 Å². The molecule has 1 saturated heterocycles. The Hall–Kier alpha value is -3.74. The zero-order valence-corrected chi connectivity index (χ0v) is 18.8. The second-order valence-electron chi connectivity index (χ2n) is 8.62. The van der Waals surface area contributed by atoms with Crippen LogP contribution >= 0.6 is 0 Å². The van der Waals surface area contributed by atoms with E-state index in [1.165, 1.54) is 12.1 Å². The number of rotatable bonds is 4. The number of nitrogens with one attached hydrogen (secondary N) is 1. The lowest BCUT2D eigenvalue weighted by molar-refractivity contribution is 0.0703. The number of piperidine rings is 1. The van der Waals surface area contributed by atoms with Crippen LogP contribution in [0.4, 0.5) is 15.9 Å². The number of hydrogen-bond acceptors (Lipinski definition) is 4. The molecule has 3 aromatic heterocycles. The second kappa shape index (κ2) is 8.65. The van der Waals surface area contributed by atoms with Gasteiger partial charge in [0, 0.05) is 60.2 Å². The van der Waals surface area contributed by atoms with E-state index < -0.39 is 0 Å². The first-order valence-electron chi connectivity index (χ1n) is 11.2. The zero-order chi connectivity index (χ0) is 22.9. The molecule has 1 aliphatic heterocycles. The largest absolute Gasteiger partial charge is 0.340 e. The van der Waals surface area contributed by atoms with E-state index in [2.05, 4.69) is 16.4 Å². The van der Waals surface area contributed by atoms with Crippen molar-refractivity contribution >= 4 is 28.3 Å². The topological polar surface area (TPSA) is 63.1 Å². The van der Waals surface area contributed by atoms with Gasteiger partial charge in [0.2, 0.25) is 0 Å². The molecule has 0 spiro atoms. The number of carbonyl (C=O) groups excluding carboxylic acids is 1. The summed E-state index contributed by atoms with van der Waals surface area (Å²) in [5.41, 5.74) is 4.40. The van der Waals surface area contributed by atoms with Gasteiger partial charge in [-0.1, -0.05) is 6.07 Å². The minimum absolute atomic E-state index is 0.0118. The fraction of sp³-hybridized carbons (Fsp3) is 0.269. The number of amides is 1. The maximum atomic E-state index is 13.6. The van der Waals surface area contributed by atoms with E-state index in [-0.39, 0.29) is 11.7 Å². The number of fused-ring (bicyclic) bond motifs is 1. The molecule has 1 aliphatic rings.